The zero-order chi connectivity index (χ0) is 13.0. The van der Waals surface area contributed by atoms with Crippen LogP contribution in [0.2, 0.25) is 15.1 Å². The molecule has 0 aromatic heterocycles. The Morgan fingerprint density at radius 3 is 2.11 bits per heavy atom. The van der Waals surface area contributed by atoms with Crippen molar-refractivity contribution < 1.29 is 0 Å². The quantitative estimate of drug-likeness (QED) is 0.627. The molecule has 0 saturated heterocycles. The van der Waals surface area contributed by atoms with Crippen molar-refractivity contribution in [2.45, 2.75) is 6.54 Å². The summed E-state index contributed by atoms with van der Waals surface area (Å²) in [6, 6.07) is 13.0. The highest BCUT2D eigenvalue weighted by molar-refractivity contribution is 6.41. The molecule has 0 fully saturated rings. The standard InChI is InChI=1S/C13H9Cl3N2/c14-10-6-11(15)13(12(16)7-10)18-17-8-9-4-2-1-3-5-9/h1-7H,8H2. The molecule has 0 bridgehead atoms. The Morgan fingerprint density at radius 2 is 1.50 bits per heavy atom. The molecule has 0 aliphatic heterocycles. The van der Waals surface area contributed by atoms with Gasteiger partial charge in [0.25, 0.3) is 0 Å². The van der Waals surface area contributed by atoms with E-state index in [1.165, 1.54) is 0 Å². The van der Waals surface area contributed by atoms with Gasteiger partial charge in [-0.25, -0.2) is 0 Å². The van der Waals surface area contributed by atoms with Gasteiger partial charge in [0, 0.05) is 5.02 Å². The van der Waals surface area contributed by atoms with Gasteiger partial charge in [-0.2, -0.15) is 10.2 Å². The molecular weight excluding hydrogens is 291 g/mol. The minimum absolute atomic E-state index is 0.393. The van der Waals surface area contributed by atoms with Crippen molar-refractivity contribution in [3.8, 4) is 0 Å². The summed E-state index contributed by atoms with van der Waals surface area (Å²) in [4.78, 5) is 0. The number of halogens is 3. The van der Waals surface area contributed by atoms with E-state index >= 15 is 0 Å². The third kappa shape index (κ3) is 3.45. The molecule has 2 aromatic carbocycles. The van der Waals surface area contributed by atoms with E-state index in [0.717, 1.165) is 5.56 Å². The molecule has 0 aliphatic carbocycles. The third-order valence-corrected chi connectivity index (χ3v) is 3.04. The van der Waals surface area contributed by atoms with Crippen LogP contribution in [0.5, 0.6) is 0 Å². The highest BCUT2D eigenvalue weighted by Crippen LogP contribution is 2.36. The minimum Gasteiger partial charge on any atom is -0.184 e. The smallest absolute Gasteiger partial charge is 0.123 e. The van der Waals surface area contributed by atoms with Crippen LogP contribution >= 0.6 is 34.8 Å². The van der Waals surface area contributed by atoms with E-state index in [1.807, 2.05) is 30.3 Å². The Hall–Kier alpha value is -1.09. The highest BCUT2D eigenvalue weighted by atomic mass is 35.5. The van der Waals surface area contributed by atoms with Crippen LogP contribution in [0.4, 0.5) is 5.69 Å². The monoisotopic (exact) mass is 298 g/mol. The summed E-state index contributed by atoms with van der Waals surface area (Å²) in [6.07, 6.45) is 0. The second-order valence-electron chi connectivity index (χ2n) is 3.60. The molecule has 0 N–H and O–H groups in total. The van der Waals surface area contributed by atoms with Crippen LogP contribution in [0, 0.1) is 0 Å². The maximum absolute atomic E-state index is 5.99. The molecule has 2 rings (SSSR count). The summed E-state index contributed by atoms with van der Waals surface area (Å²) in [5.41, 5.74) is 1.51. The molecule has 0 radical (unpaired) electrons. The fraction of sp³-hybridized carbons (Fsp3) is 0.0769. The second-order valence-corrected chi connectivity index (χ2v) is 4.85. The molecule has 92 valence electrons. The van der Waals surface area contributed by atoms with Crippen molar-refractivity contribution in [3.63, 3.8) is 0 Å². The van der Waals surface area contributed by atoms with E-state index in [-0.39, 0.29) is 0 Å². The van der Waals surface area contributed by atoms with Crippen LogP contribution in [0.25, 0.3) is 0 Å². The lowest BCUT2D eigenvalue weighted by molar-refractivity contribution is 0.959. The van der Waals surface area contributed by atoms with Gasteiger partial charge in [-0.1, -0.05) is 65.1 Å². The van der Waals surface area contributed by atoms with Crippen LogP contribution in [-0.4, -0.2) is 0 Å². The number of nitrogens with zero attached hydrogens (tertiary/aromatic N) is 2. The van der Waals surface area contributed by atoms with Crippen LogP contribution in [0.3, 0.4) is 0 Å². The van der Waals surface area contributed by atoms with Gasteiger partial charge in [0.1, 0.15) is 5.69 Å². The number of hydrogen-bond acceptors (Lipinski definition) is 2. The number of rotatable bonds is 3. The van der Waals surface area contributed by atoms with Gasteiger partial charge < -0.3 is 0 Å². The maximum Gasteiger partial charge on any atom is 0.123 e. The summed E-state index contributed by atoms with van der Waals surface area (Å²) in [5, 5.41) is 9.38. The normalized spacial score (nSPS) is 11.1. The van der Waals surface area contributed by atoms with Crippen molar-refractivity contribution in [2.24, 2.45) is 10.2 Å². The van der Waals surface area contributed by atoms with Gasteiger partial charge in [-0.3, -0.25) is 0 Å². The lowest BCUT2D eigenvalue weighted by Gasteiger charge is -2.01. The van der Waals surface area contributed by atoms with Crippen molar-refractivity contribution in [1.82, 2.24) is 0 Å². The SMILES string of the molecule is Clc1cc(Cl)c(N=NCc2ccccc2)c(Cl)c1. The Morgan fingerprint density at radius 1 is 0.889 bits per heavy atom. The first-order valence-corrected chi connectivity index (χ1v) is 6.36. The lowest BCUT2D eigenvalue weighted by atomic mass is 10.2. The van der Waals surface area contributed by atoms with Crippen molar-refractivity contribution in [3.05, 3.63) is 63.1 Å². The second kappa shape index (κ2) is 6.19. The van der Waals surface area contributed by atoms with E-state index in [9.17, 15) is 0 Å². The molecule has 0 saturated carbocycles. The van der Waals surface area contributed by atoms with Crippen LogP contribution < -0.4 is 0 Å². The predicted octanol–water partition coefficient (Wildman–Crippen LogP) is 5.93. The highest BCUT2D eigenvalue weighted by Gasteiger charge is 2.06. The molecule has 18 heavy (non-hydrogen) atoms. The molecule has 5 heteroatoms. The zero-order valence-electron chi connectivity index (χ0n) is 9.28. The van der Waals surface area contributed by atoms with Crippen molar-refractivity contribution in [1.29, 1.82) is 0 Å². The first-order valence-electron chi connectivity index (χ1n) is 5.23. The van der Waals surface area contributed by atoms with Crippen LogP contribution in [-0.2, 0) is 6.54 Å². The molecule has 0 unspecified atom stereocenters. The summed E-state index contributed by atoms with van der Waals surface area (Å²) in [7, 11) is 0. The Labute approximate surface area is 120 Å². The van der Waals surface area contributed by atoms with Gasteiger partial charge in [0.2, 0.25) is 0 Å². The first kappa shape index (κ1) is 13.3. The average Bonchev–Trinajstić information content (AvgIpc) is 2.34. The fourth-order valence-electron chi connectivity index (χ4n) is 1.40. The van der Waals surface area contributed by atoms with Crippen molar-refractivity contribution in [2.75, 3.05) is 0 Å². The lowest BCUT2D eigenvalue weighted by Crippen LogP contribution is -1.78. The van der Waals surface area contributed by atoms with Gasteiger partial charge >= 0.3 is 0 Å². The Balaban J connectivity index is 2.15. The van der Waals surface area contributed by atoms with Crippen molar-refractivity contribution >= 4 is 40.5 Å². The topological polar surface area (TPSA) is 24.7 Å². The van der Waals surface area contributed by atoms with Crippen LogP contribution in [0.15, 0.2) is 52.7 Å². The average molecular weight is 300 g/mol. The van der Waals surface area contributed by atoms with E-state index < -0.39 is 0 Å². The molecule has 2 aromatic rings. The molecule has 0 atom stereocenters. The summed E-state index contributed by atoms with van der Waals surface area (Å²) in [6.45, 7) is 0.482. The van der Waals surface area contributed by atoms with Gasteiger partial charge in [0.15, 0.2) is 0 Å². The predicted molar refractivity (Wildman–Crippen MR) is 76.1 cm³/mol. The van der Waals surface area contributed by atoms with Gasteiger partial charge in [0.05, 0.1) is 16.6 Å². The van der Waals surface area contributed by atoms with E-state index in [2.05, 4.69) is 10.2 Å². The number of benzene rings is 2. The minimum atomic E-state index is 0.393. The summed E-state index contributed by atoms with van der Waals surface area (Å²) < 4.78 is 0. The Bertz CT molecular complexity index is 545. The molecule has 0 amide bonds. The molecule has 0 heterocycles. The Kier molecular flexibility index (Phi) is 4.59. The van der Waals surface area contributed by atoms with E-state index in [1.54, 1.807) is 12.1 Å². The molecule has 2 nitrogen and oxygen atoms in total. The van der Waals surface area contributed by atoms with Crippen LogP contribution in [0.1, 0.15) is 5.56 Å². The zero-order valence-corrected chi connectivity index (χ0v) is 11.5. The maximum atomic E-state index is 5.99. The van der Waals surface area contributed by atoms with Gasteiger partial charge in [-0.15, -0.1) is 0 Å². The molecule has 0 spiro atoms. The number of hydrogen-bond donors (Lipinski definition) is 0. The summed E-state index contributed by atoms with van der Waals surface area (Å²) >= 11 is 17.8. The molecule has 0 aliphatic rings. The van der Waals surface area contributed by atoms with E-state index in [0.29, 0.717) is 27.3 Å². The van der Waals surface area contributed by atoms with E-state index in [4.69, 9.17) is 34.8 Å². The largest absolute Gasteiger partial charge is 0.184 e. The molecular formula is C13H9Cl3N2. The van der Waals surface area contributed by atoms with Gasteiger partial charge in [-0.05, 0) is 17.7 Å². The first-order chi connectivity index (χ1) is 8.66. The number of azo groups is 1. The third-order valence-electron chi connectivity index (χ3n) is 2.25. The summed E-state index contributed by atoms with van der Waals surface area (Å²) in [5.74, 6) is 0. The fourth-order valence-corrected chi connectivity index (χ4v) is 2.29.